The van der Waals surface area contributed by atoms with E-state index in [2.05, 4.69) is 0 Å². The van der Waals surface area contributed by atoms with E-state index < -0.39 is 29.8 Å². The fourth-order valence-corrected chi connectivity index (χ4v) is 6.48. The number of carbonyl (C=O) groups excluding carboxylic acids is 5. The summed E-state index contributed by atoms with van der Waals surface area (Å²) in [5.41, 5.74) is 2.73. The van der Waals surface area contributed by atoms with E-state index in [9.17, 15) is 24.0 Å². The van der Waals surface area contributed by atoms with Crippen LogP contribution in [-0.4, -0.2) is 72.5 Å². The molecule has 8 rings (SSSR count). The highest BCUT2D eigenvalue weighted by molar-refractivity contribution is 5.94. The molecule has 0 N–H and O–H groups in total. The minimum atomic E-state index is -0.495. The van der Waals surface area contributed by atoms with Gasteiger partial charge in [-0.15, -0.1) is 0 Å². The molecule has 388 valence electrons. The van der Waals surface area contributed by atoms with E-state index in [0.717, 1.165) is 0 Å². The van der Waals surface area contributed by atoms with E-state index in [-0.39, 0.29) is 0 Å². The molecule has 16 nitrogen and oxygen atoms in total. The molecule has 0 spiro atoms. The molecule has 0 aliphatic heterocycles. The Morgan fingerprint density at radius 3 is 0.645 bits per heavy atom. The summed E-state index contributed by atoms with van der Waals surface area (Å²) in [6.45, 7) is 1.77. The third-order valence-corrected chi connectivity index (χ3v) is 10.7. The monoisotopic (exact) mass is 1030 g/mol. The predicted octanol–water partition coefficient (Wildman–Crippen LogP) is 11.5. The van der Waals surface area contributed by atoms with E-state index >= 15 is 0 Å². The predicted molar refractivity (Wildman–Crippen MR) is 280 cm³/mol. The summed E-state index contributed by atoms with van der Waals surface area (Å²) >= 11 is 0. The van der Waals surface area contributed by atoms with E-state index in [1.54, 1.807) is 238 Å². The van der Waals surface area contributed by atoms with Gasteiger partial charge >= 0.3 is 29.8 Å². The van der Waals surface area contributed by atoms with Crippen molar-refractivity contribution in [3.8, 4) is 63.2 Å². The third-order valence-electron chi connectivity index (χ3n) is 10.7. The van der Waals surface area contributed by atoms with Gasteiger partial charge in [0.25, 0.3) is 0 Å². The molecule has 76 heavy (non-hydrogen) atoms. The average Bonchev–Trinajstić information content (AvgIpc) is 3.46. The average molecular weight is 1030 g/mol. The van der Waals surface area contributed by atoms with Gasteiger partial charge in [0, 0.05) is 0 Å². The van der Waals surface area contributed by atoms with Gasteiger partial charge in [0.1, 0.15) is 63.2 Å². The van der Waals surface area contributed by atoms with Crippen LogP contribution in [0.1, 0.15) is 57.4 Å². The molecule has 16 heteroatoms. The summed E-state index contributed by atoms with van der Waals surface area (Å²) in [6, 6.07) is 51.0. The summed E-state index contributed by atoms with van der Waals surface area (Å²) in [7, 11) is 9.37. The number of hydrogen-bond donors (Lipinski definition) is 0. The molecule has 0 amide bonds. The van der Waals surface area contributed by atoms with Crippen LogP contribution in [0.25, 0.3) is 0 Å². The second-order valence-electron chi connectivity index (χ2n) is 15.7. The number of aryl methyl sites for hydroxylation is 1. The van der Waals surface area contributed by atoms with Crippen LogP contribution in [0.4, 0.5) is 0 Å². The number of benzene rings is 8. The summed E-state index contributed by atoms with van der Waals surface area (Å²) in [4.78, 5) is 60.8. The van der Waals surface area contributed by atoms with Crippen molar-refractivity contribution in [1.82, 2.24) is 0 Å². The Labute approximate surface area is 438 Å². The van der Waals surface area contributed by atoms with E-state index in [4.69, 9.17) is 52.1 Å². The molecular weight excluding hydrogens is 977 g/mol. The maximum atomic E-state index is 12.3. The summed E-state index contributed by atoms with van der Waals surface area (Å²) < 4.78 is 57.0. The maximum absolute atomic E-state index is 12.3. The quantitative estimate of drug-likeness (QED) is 0.0656. The Bertz CT molecular complexity index is 3090. The second-order valence-corrected chi connectivity index (χ2v) is 15.7. The molecule has 0 unspecified atom stereocenters. The first-order valence-electron chi connectivity index (χ1n) is 23.0. The first-order valence-corrected chi connectivity index (χ1v) is 23.0. The number of esters is 5. The van der Waals surface area contributed by atoms with Crippen molar-refractivity contribution in [3.63, 3.8) is 0 Å². The molecule has 0 saturated carbocycles. The minimum Gasteiger partial charge on any atom is -0.497 e. The van der Waals surface area contributed by atoms with Gasteiger partial charge in [-0.3, -0.25) is 0 Å². The highest BCUT2D eigenvalue weighted by Gasteiger charge is 2.15. The van der Waals surface area contributed by atoms with Gasteiger partial charge in [-0.2, -0.15) is 0 Å². The van der Waals surface area contributed by atoms with Crippen molar-refractivity contribution >= 4 is 29.8 Å². The lowest BCUT2D eigenvalue weighted by atomic mass is 10.2. The van der Waals surface area contributed by atoms with Crippen LogP contribution in [-0.2, 0) is 0 Å². The van der Waals surface area contributed by atoms with Crippen molar-refractivity contribution in [3.05, 3.63) is 221 Å². The number of carbonyl (C=O) groups is 5. The lowest BCUT2D eigenvalue weighted by Crippen LogP contribution is -2.10. The van der Waals surface area contributed by atoms with Crippen LogP contribution < -0.4 is 52.1 Å². The Hall–Kier alpha value is -10.1. The Morgan fingerprint density at radius 2 is 0.421 bits per heavy atom. The van der Waals surface area contributed by atoms with Crippen molar-refractivity contribution in [2.75, 3.05) is 42.7 Å². The van der Waals surface area contributed by atoms with E-state index in [1.165, 1.54) is 0 Å². The van der Waals surface area contributed by atoms with Crippen molar-refractivity contribution in [2.24, 2.45) is 0 Å². The van der Waals surface area contributed by atoms with Gasteiger partial charge in [-0.05, 0) is 201 Å². The fourth-order valence-electron chi connectivity index (χ4n) is 6.48. The molecule has 0 atom stereocenters. The van der Waals surface area contributed by atoms with Crippen molar-refractivity contribution < 1.29 is 76.1 Å². The minimum absolute atomic E-state index is 0.338. The maximum Gasteiger partial charge on any atom is 0.343 e. The Balaban J connectivity index is 0.000000189. The standard InChI is InChI=1S/C23H20O6.C22H18O6.C15H14O4/c1-15-14-20(28-22(24)16-4-8-18(26-2)9-5-16)12-13-21(15)29-23(25)17-6-10-19(27-3)11-7-17;1-25-17-7-3-15(4-8-17)21(23)27-19-11-13-20(14-12-19)28-22(24)16-5-9-18(26-2)10-6-16;1-17-12-5-3-11(4-6-12)15(16)19-14-9-7-13(18-2)8-10-14/h4-14H,1-3H3;3-14H,1-2H3;3-10H,1-2H3. The van der Waals surface area contributed by atoms with Crippen LogP contribution in [0.3, 0.4) is 0 Å². The van der Waals surface area contributed by atoms with Crippen LogP contribution in [0.15, 0.2) is 188 Å². The molecule has 0 aromatic heterocycles. The van der Waals surface area contributed by atoms with Crippen LogP contribution >= 0.6 is 0 Å². The number of rotatable bonds is 16. The molecule has 0 heterocycles. The normalized spacial score (nSPS) is 10.0. The zero-order chi connectivity index (χ0) is 54.4. The summed E-state index contributed by atoms with van der Waals surface area (Å²) in [6.07, 6.45) is 0. The number of methoxy groups -OCH3 is 6. The molecule has 0 saturated heterocycles. The van der Waals surface area contributed by atoms with E-state index in [0.29, 0.717) is 96.6 Å². The number of hydrogen-bond acceptors (Lipinski definition) is 16. The molecule has 8 aromatic rings. The van der Waals surface area contributed by atoms with Crippen LogP contribution in [0.5, 0.6) is 63.2 Å². The zero-order valence-corrected chi connectivity index (χ0v) is 42.4. The van der Waals surface area contributed by atoms with Gasteiger partial charge in [0.15, 0.2) is 0 Å². The first-order chi connectivity index (χ1) is 36.8. The molecule has 0 aliphatic carbocycles. The summed E-state index contributed by atoms with van der Waals surface area (Å²) in [5.74, 6) is 3.53. The largest absolute Gasteiger partial charge is 0.497 e. The van der Waals surface area contributed by atoms with Gasteiger partial charge in [-0.1, -0.05) is 0 Å². The molecule has 8 aromatic carbocycles. The van der Waals surface area contributed by atoms with E-state index in [1.807, 2.05) is 0 Å². The molecule has 0 fully saturated rings. The second kappa shape index (κ2) is 27.7. The van der Waals surface area contributed by atoms with Gasteiger partial charge in [0.2, 0.25) is 0 Å². The van der Waals surface area contributed by atoms with Gasteiger partial charge in [-0.25, -0.2) is 24.0 Å². The van der Waals surface area contributed by atoms with Gasteiger partial charge in [0.05, 0.1) is 70.5 Å². The molecule has 0 bridgehead atoms. The highest BCUT2D eigenvalue weighted by atomic mass is 16.6. The Kier molecular flexibility index (Phi) is 20.1. The van der Waals surface area contributed by atoms with Crippen LogP contribution in [0, 0.1) is 6.92 Å². The lowest BCUT2D eigenvalue weighted by Gasteiger charge is -2.10. The third kappa shape index (κ3) is 16.2. The molecular formula is C60H52O16. The van der Waals surface area contributed by atoms with Crippen molar-refractivity contribution in [2.45, 2.75) is 6.92 Å². The number of ether oxygens (including phenoxy) is 11. The van der Waals surface area contributed by atoms with Crippen molar-refractivity contribution in [1.29, 1.82) is 0 Å². The smallest absolute Gasteiger partial charge is 0.343 e. The zero-order valence-electron chi connectivity index (χ0n) is 42.4. The molecule has 0 radical (unpaired) electrons. The molecule has 0 aliphatic rings. The fraction of sp³-hybridized carbons (Fsp3) is 0.117. The Morgan fingerprint density at radius 1 is 0.237 bits per heavy atom. The summed E-state index contributed by atoms with van der Waals surface area (Å²) in [5, 5.41) is 0. The highest BCUT2D eigenvalue weighted by Crippen LogP contribution is 2.27. The lowest BCUT2D eigenvalue weighted by molar-refractivity contribution is 0.0718. The SMILES string of the molecule is COc1ccc(C(=O)Oc2ccc(OC(=O)c3ccc(OC)cc3)c(C)c2)cc1.COc1ccc(C(=O)Oc2ccc(OC(=O)c3ccc(OC)cc3)cc2)cc1.COc1ccc(OC(=O)c2ccc(OC)cc2)cc1. The van der Waals surface area contributed by atoms with Gasteiger partial charge < -0.3 is 52.1 Å². The topological polar surface area (TPSA) is 187 Å². The van der Waals surface area contributed by atoms with Crippen LogP contribution in [0.2, 0.25) is 0 Å². The first kappa shape index (κ1) is 55.2.